The number of sulfonamides is 1. The number of amides is 1. The van der Waals surface area contributed by atoms with Crippen LogP contribution < -0.4 is 15.7 Å². The highest BCUT2D eigenvalue weighted by atomic mass is 32.2. The second-order valence-corrected chi connectivity index (χ2v) is 8.97. The van der Waals surface area contributed by atoms with Crippen molar-refractivity contribution < 1.29 is 31.9 Å². The van der Waals surface area contributed by atoms with Crippen LogP contribution in [-0.2, 0) is 26.1 Å². The van der Waals surface area contributed by atoms with Crippen molar-refractivity contribution in [2.24, 2.45) is 0 Å². The molecule has 2 N–H and O–H groups in total. The van der Waals surface area contributed by atoms with E-state index in [-0.39, 0.29) is 35.8 Å². The standard InChI is InChI=1S/C23H24N2O8S/c1-4-24-34(29,30)17-8-6-14(3)19(12-17)22(27)32-13-15-10-21(26)33-20-11-16(7-9-18(15)20)25-23(28)31-5-2/h6-12,24H,4-5,13H2,1-3H3,(H,25,28). The summed E-state index contributed by atoms with van der Waals surface area (Å²) in [4.78, 5) is 36.3. The molecule has 0 aliphatic rings. The largest absolute Gasteiger partial charge is 0.457 e. The van der Waals surface area contributed by atoms with Gasteiger partial charge in [0.2, 0.25) is 10.0 Å². The van der Waals surface area contributed by atoms with Crippen molar-refractivity contribution in [3.8, 4) is 0 Å². The van der Waals surface area contributed by atoms with Crippen molar-refractivity contribution in [2.45, 2.75) is 32.3 Å². The maximum atomic E-state index is 12.7. The number of rotatable bonds is 8. The number of nitrogens with one attached hydrogen (secondary N) is 2. The summed E-state index contributed by atoms with van der Waals surface area (Å²) in [6, 6.07) is 10.0. The van der Waals surface area contributed by atoms with Gasteiger partial charge in [-0.05, 0) is 43.7 Å². The summed E-state index contributed by atoms with van der Waals surface area (Å²) in [6.45, 7) is 5.13. The summed E-state index contributed by atoms with van der Waals surface area (Å²) in [5, 5.41) is 3.02. The third-order valence-electron chi connectivity index (χ3n) is 4.78. The Morgan fingerprint density at radius 2 is 1.79 bits per heavy atom. The third-order valence-corrected chi connectivity index (χ3v) is 6.33. The number of benzene rings is 2. The Morgan fingerprint density at radius 3 is 2.50 bits per heavy atom. The molecule has 0 radical (unpaired) electrons. The number of anilines is 1. The minimum Gasteiger partial charge on any atom is -0.457 e. The van der Waals surface area contributed by atoms with Crippen molar-refractivity contribution in [1.82, 2.24) is 4.72 Å². The molecular formula is C23H24N2O8S. The van der Waals surface area contributed by atoms with Gasteiger partial charge in [0.1, 0.15) is 12.2 Å². The smallest absolute Gasteiger partial charge is 0.411 e. The average Bonchev–Trinajstić information content (AvgIpc) is 2.77. The summed E-state index contributed by atoms with van der Waals surface area (Å²) < 4.78 is 42.3. The van der Waals surface area contributed by atoms with Crippen molar-refractivity contribution in [3.05, 3.63) is 69.6 Å². The summed E-state index contributed by atoms with van der Waals surface area (Å²) >= 11 is 0. The first-order valence-electron chi connectivity index (χ1n) is 10.4. The van der Waals surface area contributed by atoms with Gasteiger partial charge in [-0.1, -0.05) is 13.0 Å². The maximum absolute atomic E-state index is 12.7. The molecule has 1 amide bonds. The molecular weight excluding hydrogens is 464 g/mol. The lowest BCUT2D eigenvalue weighted by atomic mass is 10.1. The Morgan fingerprint density at radius 1 is 1.03 bits per heavy atom. The predicted octanol–water partition coefficient (Wildman–Crippen LogP) is 3.33. The molecule has 0 bridgehead atoms. The lowest BCUT2D eigenvalue weighted by Gasteiger charge is -2.11. The first kappa shape index (κ1) is 24.9. The molecule has 180 valence electrons. The van der Waals surface area contributed by atoms with Crippen LogP contribution in [0.15, 0.2) is 56.6 Å². The highest BCUT2D eigenvalue weighted by Crippen LogP contribution is 2.23. The van der Waals surface area contributed by atoms with E-state index in [4.69, 9.17) is 13.9 Å². The number of carbonyl (C=O) groups is 2. The van der Waals surface area contributed by atoms with E-state index in [1.807, 2.05) is 0 Å². The Labute approximate surface area is 195 Å². The van der Waals surface area contributed by atoms with Crippen molar-refractivity contribution in [3.63, 3.8) is 0 Å². The molecule has 34 heavy (non-hydrogen) atoms. The molecule has 11 heteroatoms. The molecule has 0 unspecified atom stereocenters. The van der Waals surface area contributed by atoms with Gasteiger partial charge in [0.25, 0.3) is 0 Å². The van der Waals surface area contributed by atoms with Crippen LogP contribution in [0.4, 0.5) is 10.5 Å². The van der Waals surface area contributed by atoms with E-state index in [0.29, 0.717) is 22.2 Å². The van der Waals surface area contributed by atoms with Crippen LogP contribution >= 0.6 is 0 Å². The Hall–Kier alpha value is -3.70. The van der Waals surface area contributed by atoms with E-state index >= 15 is 0 Å². The molecule has 0 fully saturated rings. The first-order chi connectivity index (χ1) is 16.1. The van der Waals surface area contributed by atoms with Crippen molar-refractivity contribution in [2.75, 3.05) is 18.5 Å². The van der Waals surface area contributed by atoms with E-state index < -0.39 is 27.7 Å². The number of carbonyl (C=O) groups excluding carboxylic acids is 2. The van der Waals surface area contributed by atoms with Gasteiger partial charge in [-0.25, -0.2) is 27.5 Å². The fraction of sp³-hybridized carbons (Fsp3) is 0.261. The van der Waals surface area contributed by atoms with Gasteiger partial charge in [0.05, 0.1) is 17.1 Å². The van der Waals surface area contributed by atoms with Gasteiger partial charge in [-0.2, -0.15) is 0 Å². The van der Waals surface area contributed by atoms with Crippen LogP contribution in [-0.4, -0.2) is 33.6 Å². The van der Waals surface area contributed by atoms with Crippen LogP contribution in [0.1, 0.15) is 35.3 Å². The highest BCUT2D eigenvalue weighted by Gasteiger charge is 2.19. The van der Waals surface area contributed by atoms with Crippen LogP contribution in [0.3, 0.4) is 0 Å². The van der Waals surface area contributed by atoms with Crippen LogP contribution in [0.5, 0.6) is 0 Å². The molecule has 1 aromatic heterocycles. The summed E-state index contributed by atoms with van der Waals surface area (Å²) in [5.74, 6) is -0.743. The Balaban J connectivity index is 1.84. The molecule has 0 atom stereocenters. The second kappa shape index (κ2) is 10.5. The zero-order valence-electron chi connectivity index (χ0n) is 18.8. The average molecular weight is 489 g/mol. The number of fused-ring (bicyclic) bond motifs is 1. The lowest BCUT2D eigenvalue weighted by molar-refractivity contribution is 0.0472. The number of esters is 1. The molecule has 0 aliphatic heterocycles. The van der Waals surface area contributed by atoms with Gasteiger partial charge in [-0.15, -0.1) is 0 Å². The molecule has 2 aromatic carbocycles. The molecule has 0 saturated carbocycles. The van der Waals surface area contributed by atoms with E-state index in [9.17, 15) is 22.8 Å². The molecule has 3 aromatic rings. The topological polar surface area (TPSA) is 141 Å². The monoisotopic (exact) mass is 488 g/mol. The normalized spacial score (nSPS) is 11.3. The van der Waals surface area contributed by atoms with Gasteiger partial charge >= 0.3 is 17.7 Å². The fourth-order valence-electron chi connectivity index (χ4n) is 3.19. The fourth-order valence-corrected chi connectivity index (χ4v) is 4.26. The minimum atomic E-state index is -3.75. The molecule has 0 aliphatic carbocycles. The molecule has 0 spiro atoms. The molecule has 0 saturated heterocycles. The lowest BCUT2D eigenvalue weighted by Crippen LogP contribution is -2.23. The van der Waals surface area contributed by atoms with E-state index in [0.717, 1.165) is 0 Å². The maximum Gasteiger partial charge on any atom is 0.411 e. The quantitative estimate of drug-likeness (QED) is 0.363. The molecule has 3 rings (SSSR count). The number of aryl methyl sites for hydroxylation is 1. The first-order valence-corrected chi connectivity index (χ1v) is 11.9. The molecule has 10 nitrogen and oxygen atoms in total. The van der Waals surface area contributed by atoms with Gasteiger partial charge < -0.3 is 13.9 Å². The Bertz CT molecular complexity index is 1400. The SMILES string of the molecule is CCNS(=O)(=O)c1ccc(C)c(C(=O)OCc2cc(=O)oc3cc(NC(=O)OCC)ccc23)c1. The summed E-state index contributed by atoms with van der Waals surface area (Å²) in [7, 11) is -3.75. The number of ether oxygens (including phenoxy) is 2. The van der Waals surface area contributed by atoms with E-state index in [1.54, 1.807) is 32.9 Å². The van der Waals surface area contributed by atoms with Gasteiger partial charge in [0.15, 0.2) is 0 Å². The van der Waals surface area contributed by atoms with Crippen LogP contribution in [0.2, 0.25) is 0 Å². The highest BCUT2D eigenvalue weighted by molar-refractivity contribution is 7.89. The van der Waals surface area contributed by atoms with Crippen LogP contribution in [0.25, 0.3) is 11.0 Å². The van der Waals surface area contributed by atoms with E-state index in [2.05, 4.69) is 10.0 Å². The third kappa shape index (κ3) is 5.80. The summed E-state index contributed by atoms with van der Waals surface area (Å²) in [5.41, 5.74) is 0.887. The number of hydrogen-bond donors (Lipinski definition) is 2. The number of hydrogen-bond acceptors (Lipinski definition) is 8. The van der Waals surface area contributed by atoms with Gasteiger partial charge in [-0.3, -0.25) is 5.32 Å². The van der Waals surface area contributed by atoms with E-state index in [1.165, 1.54) is 30.3 Å². The molecule has 1 heterocycles. The van der Waals surface area contributed by atoms with Gasteiger partial charge in [0, 0.05) is 35.3 Å². The zero-order valence-corrected chi connectivity index (χ0v) is 19.7. The van der Waals surface area contributed by atoms with Crippen molar-refractivity contribution in [1.29, 1.82) is 0 Å². The van der Waals surface area contributed by atoms with Crippen LogP contribution in [0, 0.1) is 6.92 Å². The zero-order chi connectivity index (χ0) is 24.9. The van der Waals surface area contributed by atoms with Crippen molar-refractivity contribution >= 4 is 38.7 Å². The summed E-state index contributed by atoms with van der Waals surface area (Å²) in [6.07, 6.45) is -0.650. The Kier molecular flexibility index (Phi) is 7.69. The second-order valence-electron chi connectivity index (χ2n) is 7.20. The predicted molar refractivity (Wildman–Crippen MR) is 124 cm³/mol. The minimum absolute atomic E-state index is 0.0562.